The molecule has 0 bridgehead atoms. The highest BCUT2D eigenvalue weighted by atomic mass is 16.6. The van der Waals surface area contributed by atoms with E-state index < -0.39 is 17.5 Å². The molecule has 0 aromatic heterocycles. The summed E-state index contributed by atoms with van der Waals surface area (Å²) in [6.45, 7) is 8.58. The van der Waals surface area contributed by atoms with E-state index in [1.165, 1.54) is 32.1 Å². The zero-order chi connectivity index (χ0) is 18.2. The number of rotatable bonds is 8. The number of unbranched alkanes of at least 4 members (excludes halogenated alkanes) is 5. The second-order valence-corrected chi connectivity index (χ2v) is 8.08. The first-order valence-corrected chi connectivity index (χ1v) is 9.43. The molecule has 0 aliphatic carbocycles. The van der Waals surface area contributed by atoms with Gasteiger partial charge in [-0.25, -0.2) is 4.79 Å². The maximum Gasteiger partial charge on any atom is 0.410 e. The number of amides is 1. The van der Waals surface area contributed by atoms with Crippen LogP contribution in [0.15, 0.2) is 0 Å². The molecule has 1 saturated heterocycles. The van der Waals surface area contributed by atoms with Crippen molar-refractivity contribution in [1.82, 2.24) is 4.90 Å². The lowest BCUT2D eigenvalue weighted by atomic mass is 9.86. The largest absolute Gasteiger partial charge is 0.481 e. The van der Waals surface area contributed by atoms with E-state index >= 15 is 0 Å². The second-order valence-electron chi connectivity index (χ2n) is 8.08. The van der Waals surface area contributed by atoms with Crippen molar-refractivity contribution in [3.8, 4) is 0 Å². The molecular formula is C19H35NO4. The Balaban J connectivity index is 2.50. The van der Waals surface area contributed by atoms with Crippen molar-refractivity contribution in [1.29, 1.82) is 0 Å². The summed E-state index contributed by atoms with van der Waals surface area (Å²) in [5, 5.41) is 9.38. The van der Waals surface area contributed by atoms with Crippen LogP contribution in [0.1, 0.15) is 79.1 Å². The van der Waals surface area contributed by atoms with Crippen LogP contribution < -0.4 is 0 Å². The summed E-state index contributed by atoms with van der Waals surface area (Å²) in [6.07, 6.45) is 8.65. The topological polar surface area (TPSA) is 66.8 Å². The fourth-order valence-electron chi connectivity index (χ4n) is 3.28. The summed E-state index contributed by atoms with van der Waals surface area (Å²) in [4.78, 5) is 25.3. The van der Waals surface area contributed by atoms with Crippen molar-refractivity contribution < 1.29 is 19.4 Å². The number of hydrogen-bond acceptors (Lipinski definition) is 3. The van der Waals surface area contributed by atoms with Gasteiger partial charge in [-0.15, -0.1) is 0 Å². The van der Waals surface area contributed by atoms with Crippen molar-refractivity contribution in [3.63, 3.8) is 0 Å². The first-order chi connectivity index (χ1) is 11.2. The molecule has 1 amide bonds. The molecule has 1 rings (SSSR count). The van der Waals surface area contributed by atoms with Gasteiger partial charge in [-0.3, -0.25) is 4.79 Å². The quantitative estimate of drug-likeness (QED) is 0.650. The van der Waals surface area contributed by atoms with Gasteiger partial charge in [-0.05, 0) is 39.5 Å². The van der Waals surface area contributed by atoms with Gasteiger partial charge in [0, 0.05) is 13.1 Å². The molecule has 1 fully saturated rings. The highest BCUT2D eigenvalue weighted by molar-refractivity contribution is 5.73. The molecule has 5 heteroatoms. The third kappa shape index (κ3) is 8.02. The summed E-state index contributed by atoms with van der Waals surface area (Å²) >= 11 is 0. The summed E-state index contributed by atoms with van der Waals surface area (Å²) in [5.41, 5.74) is -0.554. The Kier molecular flexibility index (Phi) is 8.57. The molecule has 0 aromatic carbocycles. The highest BCUT2D eigenvalue weighted by Crippen LogP contribution is 2.28. The highest BCUT2D eigenvalue weighted by Gasteiger charge is 2.35. The number of ether oxygens (including phenoxy) is 1. The van der Waals surface area contributed by atoms with Crippen molar-refractivity contribution >= 4 is 12.1 Å². The van der Waals surface area contributed by atoms with Crippen LogP contribution in [-0.4, -0.2) is 40.8 Å². The fourth-order valence-corrected chi connectivity index (χ4v) is 3.28. The monoisotopic (exact) mass is 341 g/mol. The average Bonchev–Trinajstić information content (AvgIpc) is 2.48. The van der Waals surface area contributed by atoms with Crippen LogP contribution in [0.4, 0.5) is 4.79 Å². The maximum atomic E-state index is 12.3. The van der Waals surface area contributed by atoms with E-state index in [4.69, 9.17) is 4.74 Å². The van der Waals surface area contributed by atoms with Crippen LogP contribution in [0, 0.1) is 11.8 Å². The SMILES string of the molecule is CCCCCCCC[C@@H]1C[C@@H](C(=O)O)CN(C(=O)OC(C)(C)C)C1. The van der Waals surface area contributed by atoms with E-state index in [0.29, 0.717) is 13.0 Å². The zero-order valence-corrected chi connectivity index (χ0v) is 15.8. The maximum absolute atomic E-state index is 12.3. The number of carboxylic acids is 1. The van der Waals surface area contributed by atoms with Gasteiger partial charge in [0.25, 0.3) is 0 Å². The lowest BCUT2D eigenvalue weighted by Gasteiger charge is -2.37. The number of aliphatic carboxylic acids is 1. The van der Waals surface area contributed by atoms with E-state index in [0.717, 1.165) is 12.8 Å². The molecule has 1 aliphatic heterocycles. The number of likely N-dealkylation sites (tertiary alicyclic amines) is 1. The Morgan fingerprint density at radius 2 is 1.71 bits per heavy atom. The first kappa shape index (κ1) is 20.8. The van der Waals surface area contributed by atoms with Gasteiger partial charge in [0.05, 0.1) is 5.92 Å². The van der Waals surface area contributed by atoms with Gasteiger partial charge in [0.15, 0.2) is 0 Å². The summed E-state index contributed by atoms with van der Waals surface area (Å²) in [7, 11) is 0. The van der Waals surface area contributed by atoms with Crippen LogP contribution in [0.2, 0.25) is 0 Å². The second kappa shape index (κ2) is 9.90. The van der Waals surface area contributed by atoms with E-state index in [2.05, 4.69) is 6.92 Å². The summed E-state index contributed by atoms with van der Waals surface area (Å²) in [5.74, 6) is -1.02. The Bertz CT molecular complexity index is 403. The minimum Gasteiger partial charge on any atom is -0.481 e. The number of hydrogen-bond donors (Lipinski definition) is 1. The predicted molar refractivity (Wildman–Crippen MR) is 95.0 cm³/mol. The number of carbonyl (C=O) groups excluding carboxylic acids is 1. The fraction of sp³-hybridized carbons (Fsp3) is 0.895. The summed E-state index contributed by atoms with van der Waals surface area (Å²) < 4.78 is 5.42. The van der Waals surface area contributed by atoms with Crippen LogP contribution in [-0.2, 0) is 9.53 Å². The van der Waals surface area contributed by atoms with Crippen molar-refractivity contribution in [2.45, 2.75) is 84.7 Å². The molecule has 0 aromatic rings. The predicted octanol–water partition coefficient (Wildman–Crippen LogP) is 4.69. The molecule has 0 unspecified atom stereocenters. The van der Waals surface area contributed by atoms with Gasteiger partial charge in [0.2, 0.25) is 0 Å². The van der Waals surface area contributed by atoms with Gasteiger partial charge in [0.1, 0.15) is 5.60 Å². The third-order valence-electron chi connectivity index (χ3n) is 4.50. The lowest BCUT2D eigenvalue weighted by molar-refractivity contribution is -0.144. The van der Waals surface area contributed by atoms with Gasteiger partial charge in [-0.1, -0.05) is 45.4 Å². The lowest BCUT2D eigenvalue weighted by Crippen LogP contribution is -2.47. The van der Waals surface area contributed by atoms with Gasteiger partial charge in [-0.2, -0.15) is 0 Å². The average molecular weight is 341 g/mol. The van der Waals surface area contributed by atoms with E-state index in [1.807, 2.05) is 20.8 Å². The van der Waals surface area contributed by atoms with Crippen LogP contribution >= 0.6 is 0 Å². The zero-order valence-electron chi connectivity index (χ0n) is 15.8. The Labute approximate surface area is 146 Å². The number of carbonyl (C=O) groups is 2. The number of nitrogens with zero attached hydrogens (tertiary/aromatic N) is 1. The number of carboxylic acid groups (broad SMARTS) is 1. The van der Waals surface area contributed by atoms with Crippen molar-refractivity contribution in [3.05, 3.63) is 0 Å². The third-order valence-corrected chi connectivity index (χ3v) is 4.50. The standard InChI is InChI=1S/C19H35NO4/c1-5-6-7-8-9-10-11-15-12-16(17(21)22)14-20(13-15)18(23)24-19(2,3)4/h15-16H,5-14H2,1-4H3,(H,21,22)/t15-,16-/m1/s1. The van der Waals surface area contributed by atoms with Gasteiger partial charge < -0.3 is 14.7 Å². The smallest absolute Gasteiger partial charge is 0.410 e. The van der Waals surface area contributed by atoms with Crippen molar-refractivity contribution in [2.75, 3.05) is 13.1 Å². The molecule has 5 nitrogen and oxygen atoms in total. The Morgan fingerprint density at radius 3 is 2.29 bits per heavy atom. The molecule has 1 N–H and O–H groups in total. The molecule has 2 atom stereocenters. The normalized spacial score (nSPS) is 21.6. The van der Waals surface area contributed by atoms with Crippen LogP contribution in [0.5, 0.6) is 0 Å². The summed E-state index contributed by atoms with van der Waals surface area (Å²) in [6, 6.07) is 0. The molecule has 0 spiro atoms. The van der Waals surface area contributed by atoms with Gasteiger partial charge >= 0.3 is 12.1 Å². The molecule has 1 heterocycles. The van der Waals surface area contributed by atoms with Crippen LogP contribution in [0.25, 0.3) is 0 Å². The van der Waals surface area contributed by atoms with Crippen molar-refractivity contribution in [2.24, 2.45) is 11.8 Å². The molecular weight excluding hydrogens is 306 g/mol. The Hall–Kier alpha value is -1.26. The van der Waals surface area contributed by atoms with E-state index in [-0.39, 0.29) is 18.6 Å². The number of piperidine rings is 1. The van der Waals surface area contributed by atoms with E-state index in [9.17, 15) is 14.7 Å². The Morgan fingerprint density at radius 1 is 1.08 bits per heavy atom. The first-order valence-electron chi connectivity index (χ1n) is 9.43. The van der Waals surface area contributed by atoms with E-state index in [1.54, 1.807) is 4.90 Å². The van der Waals surface area contributed by atoms with Crippen LogP contribution in [0.3, 0.4) is 0 Å². The molecule has 0 saturated carbocycles. The molecule has 140 valence electrons. The molecule has 1 aliphatic rings. The molecule has 0 radical (unpaired) electrons. The minimum atomic E-state index is -0.809. The molecule has 24 heavy (non-hydrogen) atoms. The minimum absolute atomic E-state index is 0.261.